The lowest BCUT2D eigenvalue weighted by molar-refractivity contribution is 0.327. The molecule has 4 rings (SSSR count). The van der Waals surface area contributed by atoms with E-state index >= 15 is 0 Å². The number of hydrogen-bond acceptors (Lipinski definition) is 5. The first-order chi connectivity index (χ1) is 11.3. The Morgan fingerprint density at radius 2 is 2.39 bits per heavy atom. The van der Waals surface area contributed by atoms with Gasteiger partial charge in [0.15, 0.2) is 0 Å². The molecule has 0 fully saturated rings. The molecule has 6 nitrogen and oxygen atoms in total. The zero-order valence-corrected chi connectivity index (χ0v) is 13.2. The largest absolute Gasteiger partial charge is 0.497 e. The molecule has 0 saturated heterocycles. The Hall–Kier alpha value is -2.34. The average molecular weight is 312 g/mol. The van der Waals surface area contributed by atoms with Gasteiger partial charge in [0.2, 0.25) is 0 Å². The van der Waals surface area contributed by atoms with Crippen molar-refractivity contribution in [1.82, 2.24) is 20.1 Å². The van der Waals surface area contributed by atoms with E-state index in [-0.39, 0.29) is 0 Å². The molecule has 1 atom stereocenters. The van der Waals surface area contributed by atoms with Crippen molar-refractivity contribution in [3.63, 3.8) is 0 Å². The van der Waals surface area contributed by atoms with E-state index in [1.54, 1.807) is 13.4 Å². The second-order valence-corrected chi connectivity index (χ2v) is 5.97. The van der Waals surface area contributed by atoms with Gasteiger partial charge in [0.25, 0.3) is 0 Å². The molecule has 2 aliphatic rings. The van der Waals surface area contributed by atoms with Gasteiger partial charge in [-0.25, -0.2) is 9.67 Å². The van der Waals surface area contributed by atoms with E-state index in [1.165, 1.54) is 5.57 Å². The minimum absolute atomic E-state index is 0.433. The molecular weight excluding hydrogens is 292 g/mol. The maximum Gasteiger partial charge on any atom is 0.138 e. The summed E-state index contributed by atoms with van der Waals surface area (Å²) in [5, 5.41) is 7.88. The van der Waals surface area contributed by atoms with Gasteiger partial charge in [-0.15, -0.1) is 0 Å². The van der Waals surface area contributed by atoms with Crippen LogP contribution in [0.25, 0.3) is 6.08 Å². The lowest BCUT2D eigenvalue weighted by Crippen LogP contribution is -2.39. The SMILES string of the molecule is COc1ccc2c(c1)OCC(CN[C@H]1CCc3ncnn3C1)=C2. The van der Waals surface area contributed by atoms with Crippen molar-refractivity contribution in [3.05, 3.63) is 41.5 Å². The second-order valence-electron chi connectivity index (χ2n) is 5.97. The first-order valence-corrected chi connectivity index (χ1v) is 7.92. The van der Waals surface area contributed by atoms with Gasteiger partial charge >= 0.3 is 0 Å². The summed E-state index contributed by atoms with van der Waals surface area (Å²) in [6.07, 6.45) is 5.92. The molecule has 3 heterocycles. The number of nitrogens with one attached hydrogen (secondary N) is 1. The Morgan fingerprint density at radius 1 is 1.43 bits per heavy atom. The molecule has 0 radical (unpaired) electrons. The highest BCUT2D eigenvalue weighted by Crippen LogP contribution is 2.30. The second kappa shape index (κ2) is 6.04. The van der Waals surface area contributed by atoms with Crippen LogP contribution in [0.4, 0.5) is 0 Å². The fourth-order valence-electron chi connectivity index (χ4n) is 3.10. The fourth-order valence-corrected chi connectivity index (χ4v) is 3.10. The van der Waals surface area contributed by atoms with Crippen LogP contribution in [-0.2, 0) is 13.0 Å². The lowest BCUT2D eigenvalue weighted by Gasteiger charge is -2.25. The molecule has 6 heteroatoms. The fraction of sp³-hybridized carbons (Fsp3) is 0.412. The van der Waals surface area contributed by atoms with Crippen LogP contribution >= 0.6 is 0 Å². The highest BCUT2D eigenvalue weighted by molar-refractivity contribution is 5.63. The molecule has 0 amide bonds. The Morgan fingerprint density at radius 3 is 3.30 bits per heavy atom. The van der Waals surface area contributed by atoms with Crippen LogP contribution in [0.2, 0.25) is 0 Å². The molecule has 0 unspecified atom stereocenters. The van der Waals surface area contributed by atoms with Gasteiger partial charge in [-0.3, -0.25) is 0 Å². The number of hydrogen-bond donors (Lipinski definition) is 1. The van der Waals surface area contributed by atoms with Gasteiger partial charge in [-0.1, -0.05) is 0 Å². The van der Waals surface area contributed by atoms with Crippen LogP contribution in [0.1, 0.15) is 17.8 Å². The summed E-state index contributed by atoms with van der Waals surface area (Å²) in [4.78, 5) is 4.26. The Kier molecular flexibility index (Phi) is 3.75. The van der Waals surface area contributed by atoms with E-state index in [2.05, 4.69) is 21.5 Å². The summed E-state index contributed by atoms with van der Waals surface area (Å²) in [6.45, 7) is 2.34. The monoisotopic (exact) mass is 312 g/mol. The van der Waals surface area contributed by atoms with Gasteiger partial charge in [0.05, 0.1) is 13.7 Å². The predicted octanol–water partition coefficient (Wildman–Crippen LogP) is 1.67. The van der Waals surface area contributed by atoms with E-state index in [0.717, 1.165) is 48.8 Å². The molecule has 1 N–H and O–H groups in total. The highest BCUT2D eigenvalue weighted by atomic mass is 16.5. The predicted molar refractivity (Wildman–Crippen MR) is 86.6 cm³/mol. The van der Waals surface area contributed by atoms with Crippen molar-refractivity contribution in [2.75, 3.05) is 20.3 Å². The molecule has 23 heavy (non-hydrogen) atoms. The summed E-state index contributed by atoms with van der Waals surface area (Å²) in [7, 11) is 1.67. The van der Waals surface area contributed by atoms with Crippen molar-refractivity contribution in [3.8, 4) is 11.5 Å². The van der Waals surface area contributed by atoms with E-state index in [4.69, 9.17) is 9.47 Å². The molecule has 1 aromatic carbocycles. The van der Waals surface area contributed by atoms with E-state index in [0.29, 0.717) is 12.6 Å². The maximum atomic E-state index is 5.85. The molecule has 2 aliphatic heterocycles. The van der Waals surface area contributed by atoms with Gasteiger partial charge in [-0.2, -0.15) is 5.10 Å². The standard InChI is InChI=1S/C17H20N4O2/c1-22-15-4-2-13-6-12(10-23-16(13)7-15)8-18-14-3-5-17-19-11-20-21(17)9-14/h2,4,6-7,11,14,18H,3,5,8-10H2,1H3/t14-/m0/s1. The molecule has 0 bridgehead atoms. The Bertz CT molecular complexity index is 738. The van der Waals surface area contributed by atoms with Crippen molar-refractivity contribution in [2.24, 2.45) is 0 Å². The molecule has 120 valence electrons. The number of fused-ring (bicyclic) bond motifs is 2. The summed E-state index contributed by atoms with van der Waals surface area (Å²) >= 11 is 0. The van der Waals surface area contributed by atoms with Crippen LogP contribution in [0.3, 0.4) is 0 Å². The van der Waals surface area contributed by atoms with Crippen LogP contribution in [0.5, 0.6) is 11.5 Å². The van der Waals surface area contributed by atoms with Gasteiger partial charge in [0.1, 0.15) is 30.3 Å². The normalized spacial score (nSPS) is 19.3. The van der Waals surface area contributed by atoms with Gasteiger partial charge in [-0.05, 0) is 30.2 Å². The van der Waals surface area contributed by atoms with Crippen molar-refractivity contribution in [1.29, 1.82) is 0 Å². The Balaban J connectivity index is 1.39. The molecule has 1 aromatic heterocycles. The summed E-state index contributed by atoms with van der Waals surface area (Å²) in [6, 6.07) is 6.36. The Labute approximate surface area is 135 Å². The smallest absolute Gasteiger partial charge is 0.138 e. The van der Waals surface area contributed by atoms with Crippen LogP contribution < -0.4 is 14.8 Å². The van der Waals surface area contributed by atoms with Gasteiger partial charge < -0.3 is 14.8 Å². The zero-order valence-electron chi connectivity index (χ0n) is 13.2. The number of ether oxygens (including phenoxy) is 2. The third-order valence-electron chi connectivity index (χ3n) is 4.42. The average Bonchev–Trinajstić information content (AvgIpc) is 3.07. The summed E-state index contributed by atoms with van der Waals surface area (Å²) < 4.78 is 13.1. The first kappa shape index (κ1) is 14.3. The molecule has 0 spiro atoms. The first-order valence-electron chi connectivity index (χ1n) is 7.92. The van der Waals surface area contributed by atoms with Crippen LogP contribution in [0.15, 0.2) is 30.1 Å². The van der Waals surface area contributed by atoms with E-state index in [1.807, 2.05) is 22.9 Å². The molecule has 0 saturated carbocycles. The lowest BCUT2D eigenvalue weighted by atomic mass is 10.0. The quantitative estimate of drug-likeness (QED) is 0.930. The summed E-state index contributed by atoms with van der Waals surface area (Å²) in [5.41, 5.74) is 2.36. The zero-order chi connectivity index (χ0) is 15.6. The molecule has 0 aliphatic carbocycles. The molecular formula is C17H20N4O2. The number of aryl methyl sites for hydroxylation is 1. The van der Waals surface area contributed by atoms with E-state index < -0.39 is 0 Å². The number of nitrogens with zero attached hydrogens (tertiary/aromatic N) is 3. The highest BCUT2D eigenvalue weighted by Gasteiger charge is 2.20. The van der Waals surface area contributed by atoms with E-state index in [9.17, 15) is 0 Å². The number of methoxy groups -OCH3 is 1. The minimum Gasteiger partial charge on any atom is -0.497 e. The maximum absolute atomic E-state index is 5.85. The summed E-state index contributed by atoms with van der Waals surface area (Å²) in [5.74, 6) is 2.80. The van der Waals surface area contributed by atoms with Gasteiger partial charge in [0, 0.05) is 30.6 Å². The third kappa shape index (κ3) is 2.94. The van der Waals surface area contributed by atoms with Crippen molar-refractivity contribution in [2.45, 2.75) is 25.4 Å². The van der Waals surface area contributed by atoms with Crippen LogP contribution in [-0.4, -0.2) is 41.1 Å². The van der Waals surface area contributed by atoms with Crippen LogP contribution in [0, 0.1) is 0 Å². The minimum atomic E-state index is 0.433. The van der Waals surface area contributed by atoms with Crippen molar-refractivity contribution < 1.29 is 9.47 Å². The topological polar surface area (TPSA) is 61.2 Å². The molecule has 2 aromatic rings. The number of benzene rings is 1. The third-order valence-corrected chi connectivity index (χ3v) is 4.42. The van der Waals surface area contributed by atoms with Crippen molar-refractivity contribution >= 4 is 6.08 Å². The number of rotatable bonds is 4. The number of aromatic nitrogens is 3.